The van der Waals surface area contributed by atoms with Gasteiger partial charge in [-0.15, -0.1) is 0 Å². The summed E-state index contributed by atoms with van der Waals surface area (Å²) in [5.41, 5.74) is 5.08. The van der Waals surface area contributed by atoms with Crippen molar-refractivity contribution >= 4 is 0 Å². The molecule has 0 amide bonds. The van der Waals surface area contributed by atoms with Crippen molar-refractivity contribution in [1.82, 2.24) is 0 Å². The van der Waals surface area contributed by atoms with Crippen molar-refractivity contribution in [3.8, 4) is 22.3 Å². The van der Waals surface area contributed by atoms with Gasteiger partial charge in [-0.2, -0.15) is 0 Å². The summed E-state index contributed by atoms with van der Waals surface area (Å²) in [6.07, 6.45) is 0.931. The molecule has 0 fully saturated rings. The summed E-state index contributed by atoms with van der Waals surface area (Å²) in [6, 6.07) is 63.9. The highest BCUT2D eigenvalue weighted by atomic mass is 16.6. The van der Waals surface area contributed by atoms with Crippen LogP contribution in [0.4, 0.5) is 0 Å². The first-order valence-corrected chi connectivity index (χ1v) is 20.0. The van der Waals surface area contributed by atoms with Crippen molar-refractivity contribution in [3.05, 3.63) is 262 Å². The van der Waals surface area contributed by atoms with E-state index < -0.39 is 22.8 Å². The van der Waals surface area contributed by atoms with Crippen LogP contribution in [0.2, 0.25) is 0 Å². The van der Waals surface area contributed by atoms with E-state index in [4.69, 9.17) is 4.74 Å². The van der Waals surface area contributed by atoms with E-state index in [2.05, 4.69) is 24.3 Å². The molecular formula is C54H42O5. The Balaban J connectivity index is 1.32. The van der Waals surface area contributed by atoms with Crippen LogP contribution in [0.1, 0.15) is 55.6 Å². The predicted octanol–water partition coefficient (Wildman–Crippen LogP) is 9.71. The molecule has 59 heavy (non-hydrogen) atoms. The SMILES string of the molecule is OC(O)(c1cccc2c1Cc1ccccc1-2)C(OC(c1ccccc1)(c1ccccc1)C(O)(O)c1cccc2c1Cc1ccccc1-2)(c1ccccc1)c1ccccc1. The molecule has 0 radical (unpaired) electrons. The zero-order valence-corrected chi connectivity index (χ0v) is 32.2. The normalized spacial score (nSPS) is 13.4. The second-order valence-electron chi connectivity index (χ2n) is 15.6. The second-order valence-corrected chi connectivity index (χ2v) is 15.6. The number of fused-ring (bicyclic) bond motifs is 6. The van der Waals surface area contributed by atoms with Crippen molar-refractivity contribution in [3.63, 3.8) is 0 Å². The van der Waals surface area contributed by atoms with Gasteiger partial charge in [0.25, 0.3) is 0 Å². The zero-order chi connectivity index (χ0) is 40.2. The maximum atomic E-state index is 13.7. The van der Waals surface area contributed by atoms with E-state index in [1.165, 1.54) is 0 Å². The fourth-order valence-electron chi connectivity index (χ4n) is 9.78. The molecule has 0 unspecified atom stereocenters. The predicted molar refractivity (Wildman–Crippen MR) is 230 cm³/mol. The van der Waals surface area contributed by atoms with Crippen LogP contribution in [0.25, 0.3) is 22.3 Å². The first kappa shape index (κ1) is 36.9. The number of benzene rings is 8. The molecule has 5 heteroatoms. The Morgan fingerprint density at radius 3 is 0.932 bits per heavy atom. The van der Waals surface area contributed by atoms with Crippen LogP contribution in [0, 0.1) is 0 Å². The average molecular weight is 771 g/mol. The van der Waals surface area contributed by atoms with Gasteiger partial charge in [-0.25, -0.2) is 0 Å². The maximum absolute atomic E-state index is 13.7. The van der Waals surface area contributed by atoms with Crippen molar-refractivity contribution < 1.29 is 25.2 Å². The number of hydrogen-bond acceptors (Lipinski definition) is 5. The quantitative estimate of drug-likeness (QED) is 0.104. The minimum atomic E-state index is -2.84. The Bertz CT molecular complexity index is 2520. The average Bonchev–Trinajstić information content (AvgIpc) is 3.87. The van der Waals surface area contributed by atoms with Crippen molar-refractivity contribution in [1.29, 1.82) is 0 Å². The highest BCUT2D eigenvalue weighted by Gasteiger charge is 2.65. The fourth-order valence-corrected chi connectivity index (χ4v) is 9.78. The summed E-state index contributed by atoms with van der Waals surface area (Å²) in [5.74, 6) is -5.69. The topological polar surface area (TPSA) is 90.2 Å². The first-order valence-electron chi connectivity index (χ1n) is 20.0. The standard InChI is InChI=1S/C54H42O5/c55-53(56,49-33-17-31-45-43-29-15-13-19-37(43)35-47(45)49)51(39-21-5-1-6-22-39,40-23-7-2-8-24-40)59-52(41-25-9-3-10-26-41,42-27-11-4-12-28-42)54(57,58)50-34-18-32-46-44-30-16-14-20-38(44)36-48(46)50/h1-34,55-58H,35-36H2. The third kappa shape index (κ3) is 5.51. The monoisotopic (exact) mass is 770 g/mol. The molecule has 2 aliphatic rings. The third-order valence-electron chi connectivity index (χ3n) is 12.5. The fraction of sp³-hybridized carbons (Fsp3) is 0.111. The summed E-state index contributed by atoms with van der Waals surface area (Å²) in [5, 5.41) is 54.7. The summed E-state index contributed by atoms with van der Waals surface area (Å²) >= 11 is 0. The van der Waals surface area contributed by atoms with Crippen LogP contribution in [-0.2, 0) is 40.4 Å². The molecule has 2 aliphatic carbocycles. The minimum Gasteiger partial charge on any atom is -0.359 e. The molecule has 5 nitrogen and oxygen atoms in total. The third-order valence-corrected chi connectivity index (χ3v) is 12.5. The highest BCUT2D eigenvalue weighted by molar-refractivity contribution is 5.79. The molecule has 0 spiro atoms. The van der Waals surface area contributed by atoms with Gasteiger partial charge in [0.15, 0.2) is 11.2 Å². The number of ether oxygens (including phenoxy) is 1. The van der Waals surface area contributed by atoms with Gasteiger partial charge < -0.3 is 25.2 Å². The lowest BCUT2D eigenvalue weighted by atomic mass is 9.70. The lowest BCUT2D eigenvalue weighted by Crippen LogP contribution is -2.62. The van der Waals surface area contributed by atoms with Gasteiger partial charge in [0.1, 0.15) is 0 Å². The van der Waals surface area contributed by atoms with Gasteiger partial charge >= 0.3 is 0 Å². The lowest BCUT2D eigenvalue weighted by molar-refractivity contribution is -0.372. The van der Waals surface area contributed by atoms with E-state index in [0.29, 0.717) is 35.1 Å². The summed E-state index contributed by atoms with van der Waals surface area (Å²) in [6.45, 7) is 0. The van der Waals surface area contributed by atoms with Crippen molar-refractivity contribution in [2.24, 2.45) is 0 Å². The van der Waals surface area contributed by atoms with Crippen LogP contribution in [0.5, 0.6) is 0 Å². The van der Waals surface area contributed by atoms with Crippen LogP contribution in [-0.4, -0.2) is 20.4 Å². The second kappa shape index (κ2) is 14.1. The molecule has 8 aromatic carbocycles. The van der Waals surface area contributed by atoms with Crippen LogP contribution < -0.4 is 0 Å². The molecule has 0 saturated heterocycles. The Morgan fingerprint density at radius 2 is 0.593 bits per heavy atom. The molecule has 4 N–H and O–H groups in total. The van der Waals surface area contributed by atoms with Gasteiger partial charge in [-0.3, -0.25) is 0 Å². The Hall–Kier alpha value is -6.44. The van der Waals surface area contributed by atoms with E-state index in [1.54, 1.807) is 60.7 Å². The molecule has 8 aromatic rings. The van der Waals surface area contributed by atoms with E-state index in [9.17, 15) is 20.4 Å². The van der Waals surface area contributed by atoms with Crippen molar-refractivity contribution in [2.75, 3.05) is 0 Å². The van der Waals surface area contributed by atoms with E-state index >= 15 is 0 Å². The van der Waals surface area contributed by atoms with Gasteiger partial charge in [-0.05, 0) is 79.6 Å². The van der Waals surface area contributed by atoms with Gasteiger partial charge in [0, 0.05) is 11.1 Å². The molecule has 0 saturated carbocycles. The van der Waals surface area contributed by atoms with Gasteiger partial charge in [0.05, 0.1) is 0 Å². The van der Waals surface area contributed by atoms with E-state index in [-0.39, 0.29) is 11.1 Å². The number of hydrogen-bond donors (Lipinski definition) is 4. The summed E-state index contributed by atoms with van der Waals surface area (Å²) in [4.78, 5) is 0. The van der Waals surface area contributed by atoms with Crippen LogP contribution in [0.3, 0.4) is 0 Å². The molecule has 0 atom stereocenters. The number of aliphatic hydroxyl groups is 4. The highest BCUT2D eigenvalue weighted by Crippen LogP contribution is 2.59. The number of rotatable bonds is 10. The van der Waals surface area contributed by atoms with E-state index in [0.717, 1.165) is 44.5 Å². The van der Waals surface area contributed by atoms with Crippen LogP contribution >= 0.6 is 0 Å². The zero-order valence-electron chi connectivity index (χ0n) is 32.2. The van der Waals surface area contributed by atoms with Gasteiger partial charge in [-0.1, -0.05) is 206 Å². The van der Waals surface area contributed by atoms with Gasteiger partial charge in [0.2, 0.25) is 11.6 Å². The molecule has 10 rings (SSSR count). The molecule has 0 heterocycles. The van der Waals surface area contributed by atoms with Crippen LogP contribution in [0.15, 0.2) is 206 Å². The molecule has 0 aliphatic heterocycles. The van der Waals surface area contributed by atoms with E-state index in [1.807, 2.05) is 121 Å². The largest absolute Gasteiger partial charge is 0.359 e. The molecular weight excluding hydrogens is 729 g/mol. The molecule has 0 bridgehead atoms. The molecule has 288 valence electrons. The maximum Gasteiger partial charge on any atom is 0.229 e. The Morgan fingerprint density at radius 1 is 0.305 bits per heavy atom. The lowest BCUT2D eigenvalue weighted by Gasteiger charge is -2.54. The Labute approximate surface area is 343 Å². The summed E-state index contributed by atoms with van der Waals surface area (Å²) in [7, 11) is 0. The smallest absolute Gasteiger partial charge is 0.229 e. The van der Waals surface area contributed by atoms with Crippen molar-refractivity contribution in [2.45, 2.75) is 35.6 Å². The first-order chi connectivity index (χ1) is 28.8. The Kier molecular flexibility index (Phi) is 8.83. The molecule has 0 aromatic heterocycles. The summed E-state index contributed by atoms with van der Waals surface area (Å²) < 4.78 is 7.88. The minimum absolute atomic E-state index is 0.242.